The highest BCUT2D eigenvalue weighted by molar-refractivity contribution is 5.26. The van der Waals surface area contributed by atoms with Crippen molar-refractivity contribution in [1.82, 2.24) is 0 Å². The monoisotopic (exact) mass is 390 g/mol. The van der Waals surface area contributed by atoms with E-state index in [2.05, 4.69) is 30.8 Å². The van der Waals surface area contributed by atoms with Gasteiger partial charge in [0.15, 0.2) is 6.29 Å². The molecule has 0 spiro atoms. The Bertz CT molecular complexity index is 621. The van der Waals surface area contributed by atoms with E-state index in [-0.39, 0.29) is 6.29 Å². The zero-order valence-corrected chi connectivity index (χ0v) is 16.6. The van der Waals surface area contributed by atoms with Crippen molar-refractivity contribution in [3.8, 4) is 0 Å². The van der Waals surface area contributed by atoms with Crippen molar-refractivity contribution in [3.05, 3.63) is 60.2 Å². The van der Waals surface area contributed by atoms with Gasteiger partial charge in [0.1, 0.15) is 0 Å². The third-order valence-electron chi connectivity index (χ3n) is 6.22. The third kappa shape index (κ3) is 6.25. The van der Waals surface area contributed by atoms with Crippen LogP contribution in [0.1, 0.15) is 62.0 Å². The van der Waals surface area contributed by atoms with Crippen molar-refractivity contribution >= 4 is 0 Å². The molecule has 28 heavy (non-hydrogen) atoms. The lowest BCUT2D eigenvalue weighted by Gasteiger charge is -2.38. The number of hydrogen-bond donors (Lipinski definition) is 0. The van der Waals surface area contributed by atoms with E-state index in [1.807, 2.05) is 6.08 Å². The van der Waals surface area contributed by atoms with E-state index in [1.165, 1.54) is 31.2 Å². The molecule has 154 valence electrons. The molecule has 0 N–H and O–H groups in total. The van der Waals surface area contributed by atoms with E-state index in [1.54, 1.807) is 0 Å². The molecule has 0 radical (unpaired) electrons. The van der Waals surface area contributed by atoms with Gasteiger partial charge in [-0.25, -0.2) is 0 Å². The molecule has 2 nitrogen and oxygen atoms in total. The fourth-order valence-electron chi connectivity index (χ4n) is 4.48. The molecule has 1 aromatic carbocycles. The quantitative estimate of drug-likeness (QED) is 0.464. The fraction of sp³-hybridized carbons (Fsp3) is 0.583. The normalized spacial score (nSPS) is 27.9. The molecule has 1 saturated heterocycles. The average Bonchev–Trinajstić information content (AvgIpc) is 2.73. The SMILES string of the molecule is C=CCCC1OCC(C2CCC(c3ccc(CCC=C(F)F)cc3)CC2)CO1. The second-order valence-electron chi connectivity index (χ2n) is 8.11. The van der Waals surface area contributed by atoms with E-state index in [0.29, 0.717) is 30.6 Å². The number of allylic oxidation sites excluding steroid dienone is 2. The Morgan fingerprint density at radius 2 is 1.64 bits per heavy atom. The minimum Gasteiger partial charge on any atom is -0.352 e. The van der Waals surface area contributed by atoms with Gasteiger partial charge in [-0.15, -0.1) is 6.58 Å². The number of benzene rings is 1. The van der Waals surface area contributed by atoms with Crippen LogP contribution in [-0.4, -0.2) is 19.5 Å². The summed E-state index contributed by atoms with van der Waals surface area (Å²) in [5.74, 6) is 1.82. The molecular formula is C24H32F2O2. The Morgan fingerprint density at radius 1 is 0.964 bits per heavy atom. The van der Waals surface area contributed by atoms with Crippen molar-refractivity contribution in [2.75, 3.05) is 13.2 Å². The number of halogens is 2. The van der Waals surface area contributed by atoms with Crippen molar-refractivity contribution in [2.24, 2.45) is 11.8 Å². The molecule has 1 saturated carbocycles. The summed E-state index contributed by atoms with van der Waals surface area (Å²) < 4.78 is 36.0. The first-order valence-corrected chi connectivity index (χ1v) is 10.6. The largest absolute Gasteiger partial charge is 0.352 e. The molecule has 0 aromatic heterocycles. The van der Waals surface area contributed by atoms with Gasteiger partial charge in [0.25, 0.3) is 6.08 Å². The number of hydrogen-bond acceptors (Lipinski definition) is 2. The second-order valence-corrected chi connectivity index (χ2v) is 8.11. The van der Waals surface area contributed by atoms with E-state index in [4.69, 9.17) is 9.47 Å². The first-order valence-electron chi connectivity index (χ1n) is 10.6. The Morgan fingerprint density at radius 3 is 2.25 bits per heavy atom. The van der Waals surface area contributed by atoms with Crippen LogP contribution < -0.4 is 0 Å². The molecule has 0 atom stereocenters. The highest BCUT2D eigenvalue weighted by Crippen LogP contribution is 2.40. The van der Waals surface area contributed by atoms with E-state index in [9.17, 15) is 8.78 Å². The molecule has 0 amide bonds. The number of rotatable bonds is 8. The van der Waals surface area contributed by atoms with Crippen LogP contribution in [0.15, 0.2) is 49.1 Å². The lowest BCUT2D eigenvalue weighted by Crippen LogP contribution is -2.37. The Kier molecular flexibility index (Phi) is 8.23. The van der Waals surface area contributed by atoms with Crippen LogP contribution in [0.25, 0.3) is 0 Å². The van der Waals surface area contributed by atoms with Crippen molar-refractivity contribution in [2.45, 2.75) is 63.6 Å². The average molecular weight is 391 g/mol. The molecule has 1 aliphatic carbocycles. The predicted molar refractivity (Wildman–Crippen MR) is 108 cm³/mol. The van der Waals surface area contributed by atoms with Crippen LogP contribution in [0.2, 0.25) is 0 Å². The molecule has 2 fully saturated rings. The first kappa shape index (κ1) is 21.2. The third-order valence-corrected chi connectivity index (χ3v) is 6.22. The first-order chi connectivity index (χ1) is 13.7. The maximum Gasteiger partial charge on any atom is 0.266 e. The molecule has 0 bridgehead atoms. The number of ether oxygens (including phenoxy) is 2. The van der Waals surface area contributed by atoms with Crippen molar-refractivity contribution in [3.63, 3.8) is 0 Å². The van der Waals surface area contributed by atoms with E-state index in [0.717, 1.165) is 37.7 Å². The van der Waals surface area contributed by atoms with Gasteiger partial charge in [0.05, 0.1) is 13.2 Å². The predicted octanol–water partition coefficient (Wildman–Crippen LogP) is 6.63. The van der Waals surface area contributed by atoms with Gasteiger partial charge >= 0.3 is 0 Å². The topological polar surface area (TPSA) is 18.5 Å². The zero-order valence-electron chi connectivity index (χ0n) is 16.6. The maximum absolute atomic E-state index is 12.1. The Balaban J connectivity index is 1.41. The van der Waals surface area contributed by atoms with Gasteiger partial charge in [-0.1, -0.05) is 30.3 Å². The molecule has 3 rings (SSSR count). The van der Waals surface area contributed by atoms with Crippen LogP contribution >= 0.6 is 0 Å². The standard InChI is InChI=1S/C24H32F2O2/c1-2-3-7-24-27-16-22(17-28-24)21-14-12-20(13-15-21)19-10-8-18(9-11-19)5-4-6-23(25)26/h2,6,8-11,20-22,24H,1,3-5,7,12-17H2. The summed E-state index contributed by atoms with van der Waals surface area (Å²) in [6.45, 7) is 5.39. The molecular weight excluding hydrogens is 358 g/mol. The van der Waals surface area contributed by atoms with E-state index >= 15 is 0 Å². The van der Waals surface area contributed by atoms with Gasteiger partial charge in [-0.3, -0.25) is 0 Å². The van der Waals surface area contributed by atoms with Crippen LogP contribution in [0, 0.1) is 11.8 Å². The summed E-state index contributed by atoms with van der Waals surface area (Å²) in [6, 6.07) is 8.56. The van der Waals surface area contributed by atoms with Crippen molar-refractivity contribution < 1.29 is 18.3 Å². The second kappa shape index (κ2) is 10.9. The highest BCUT2D eigenvalue weighted by atomic mass is 19.3. The zero-order chi connectivity index (χ0) is 19.8. The lowest BCUT2D eigenvalue weighted by atomic mass is 9.74. The fourth-order valence-corrected chi connectivity index (χ4v) is 4.48. The summed E-state index contributed by atoms with van der Waals surface area (Å²) in [6.07, 6.45) is 9.02. The lowest BCUT2D eigenvalue weighted by molar-refractivity contribution is -0.211. The van der Waals surface area contributed by atoms with Gasteiger partial charge in [0, 0.05) is 12.3 Å². The summed E-state index contributed by atoms with van der Waals surface area (Å²) in [5.41, 5.74) is 2.51. The van der Waals surface area contributed by atoms with Gasteiger partial charge in [-0.2, -0.15) is 8.78 Å². The van der Waals surface area contributed by atoms with Gasteiger partial charge < -0.3 is 9.47 Å². The van der Waals surface area contributed by atoms with E-state index < -0.39 is 6.08 Å². The molecule has 1 aliphatic heterocycles. The molecule has 1 aromatic rings. The van der Waals surface area contributed by atoms with Crippen LogP contribution in [0.3, 0.4) is 0 Å². The Hall–Kier alpha value is -1.52. The molecule has 1 heterocycles. The smallest absolute Gasteiger partial charge is 0.266 e. The minimum absolute atomic E-state index is 0.0546. The minimum atomic E-state index is -1.59. The molecule has 2 aliphatic rings. The summed E-state index contributed by atoms with van der Waals surface area (Å²) in [5, 5.41) is 0. The molecule has 0 unspecified atom stereocenters. The van der Waals surface area contributed by atoms with Gasteiger partial charge in [-0.05, 0) is 74.0 Å². The Labute approximate surface area is 167 Å². The van der Waals surface area contributed by atoms with Crippen LogP contribution in [0.5, 0.6) is 0 Å². The molecule has 4 heteroatoms. The van der Waals surface area contributed by atoms with Crippen molar-refractivity contribution in [1.29, 1.82) is 0 Å². The van der Waals surface area contributed by atoms with Crippen LogP contribution in [-0.2, 0) is 15.9 Å². The van der Waals surface area contributed by atoms with Crippen LogP contribution in [0.4, 0.5) is 8.78 Å². The highest BCUT2D eigenvalue weighted by Gasteiger charge is 2.32. The maximum atomic E-state index is 12.1. The summed E-state index contributed by atoms with van der Waals surface area (Å²) >= 11 is 0. The van der Waals surface area contributed by atoms with Gasteiger partial charge in [0.2, 0.25) is 0 Å². The number of aryl methyl sites for hydroxylation is 1. The summed E-state index contributed by atoms with van der Waals surface area (Å²) in [4.78, 5) is 0. The summed E-state index contributed by atoms with van der Waals surface area (Å²) in [7, 11) is 0.